The predicted octanol–water partition coefficient (Wildman–Crippen LogP) is 5.24. The molecule has 8 heteroatoms. The van der Waals surface area contributed by atoms with E-state index in [0.717, 1.165) is 46.6 Å². The van der Waals surface area contributed by atoms with Gasteiger partial charge in [-0.15, -0.1) is 0 Å². The number of methoxy groups -OCH3 is 2. The molecule has 1 fully saturated rings. The number of benzene rings is 3. The number of anilines is 1. The Labute approximate surface area is 241 Å². The summed E-state index contributed by atoms with van der Waals surface area (Å²) in [5.41, 5.74) is 5.91. The second kappa shape index (κ2) is 11.8. The van der Waals surface area contributed by atoms with E-state index >= 15 is 0 Å². The first-order chi connectivity index (χ1) is 19.7. The number of aliphatic carboxylic acids is 1. The molecule has 3 aromatic carbocycles. The molecule has 1 saturated heterocycles. The second-order valence-electron chi connectivity index (χ2n) is 11.0. The summed E-state index contributed by atoms with van der Waals surface area (Å²) >= 11 is 0. The van der Waals surface area contributed by atoms with Gasteiger partial charge in [-0.2, -0.15) is 0 Å². The summed E-state index contributed by atoms with van der Waals surface area (Å²) in [5.74, 6) is 0.494. The van der Waals surface area contributed by atoms with Crippen molar-refractivity contribution in [2.24, 2.45) is 0 Å². The normalized spacial score (nSPS) is 16.2. The molecule has 0 radical (unpaired) electrons. The van der Waals surface area contributed by atoms with Crippen LogP contribution in [-0.2, 0) is 33.8 Å². The molecule has 0 aromatic heterocycles. The van der Waals surface area contributed by atoms with Crippen molar-refractivity contribution in [3.8, 4) is 22.6 Å². The summed E-state index contributed by atoms with van der Waals surface area (Å²) in [6.45, 7) is 4.63. The van der Waals surface area contributed by atoms with Gasteiger partial charge in [0.1, 0.15) is 17.0 Å². The van der Waals surface area contributed by atoms with Gasteiger partial charge in [0.05, 0.1) is 26.9 Å². The van der Waals surface area contributed by atoms with Gasteiger partial charge in [-0.3, -0.25) is 4.79 Å². The van der Waals surface area contributed by atoms with Crippen LogP contribution in [0.4, 0.5) is 5.69 Å². The molecule has 1 heterocycles. The number of carboxylic acids is 1. The molecule has 0 saturated carbocycles. The first-order valence-corrected chi connectivity index (χ1v) is 14.0. The lowest BCUT2D eigenvalue weighted by atomic mass is 9.86. The largest absolute Gasteiger partial charge is 0.496 e. The highest BCUT2D eigenvalue weighted by atomic mass is 16.5. The fraction of sp³-hybridized carbons (Fsp3) is 0.394. The molecule has 0 spiro atoms. The van der Waals surface area contributed by atoms with Crippen molar-refractivity contribution in [2.75, 3.05) is 32.6 Å². The van der Waals surface area contributed by atoms with Crippen molar-refractivity contribution < 1.29 is 28.9 Å². The van der Waals surface area contributed by atoms with E-state index in [9.17, 15) is 14.7 Å². The van der Waals surface area contributed by atoms with Crippen molar-refractivity contribution in [2.45, 2.75) is 57.8 Å². The number of hydrogen-bond donors (Lipinski definition) is 2. The van der Waals surface area contributed by atoms with Gasteiger partial charge in [0.15, 0.2) is 0 Å². The van der Waals surface area contributed by atoms with E-state index in [4.69, 9.17) is 14.2 Å². The molecule has 0 bridgehead atoms. The summed E-state index contributed by atoms with van der Waals surface area (Å²) in [7, 11) is 3.28. The quantitative estimate of drug-likeness (QED) is 0.371. The fourth-order valence-corrected chi connectivity index (χ4v) is 6.03. The van der Waals surface area contributed by atoms with Gasteiger partial charge in [-0.1, -0.05) is 30.3 Å². The monoisotopic (exact) mass is 558 g/mol. The smallest absolute Gasteiger partial charge is 0.329 e. The molecule has 2 N–H and O–H groups in total. The maximum absolute atomic E-state index is 12.5. The maximum Gasteiger partial charge on any atom is 0.329 e. The summed E-state index contributed by atoms with van der Waals surface area (Å²) in [6.07, 6.45) is 2.44. The topological polar surface area (TPSA) is 97.3 Å². The van der Waals surface area contributed by atoms with Gasteiger partial charge >= 0.3 is 5.97 Å². The van der Waals surface area contributed by atoms with Crippen molar-refractivity contribution in [3.05, 3.63) is 76.9 Å². The van der Waals surface area contributed by atoms with Crippen molar-refractivity contribution in [1.82, 2.24) is 4.90 Å². The summed E-state index contributed by atoms with van der Waals surface area (Å²) in [4.78, 5) is 26.0. The minimum atomic E-state index is -1.16. The molecule has 3 aromatic rings. The standard InChI is InChI=1S/C33H38N2O6/c1-21-30(39-3)18-25(19-31(21)40-4)29-10-9-27(34-33(32(37)38)11-13-35(14-12-33)22(2)36)15-26(29)20-41-28-16-23-7-5-6-8-24(23)17-28/h5-10,15,18-19,28,34H,11-14,16-17,20H2,1-4H3,(H,37,38). The lowest BCUT2D eigenvalue weighted by Gasteiger charge is -2.39. The molecule has 8 nitrogen and oxygen atoms in total. The number of ether oxygens (including phenoxy) is 3. The van der Waals surface area contributed by atoms with E-state index < -0.39 is 11.5 Å². The zero-order valence-corrected chi connectivity index (χ0v) is 24.2. The summed E-state index contributed by atoms with van der Waals surface area (Å²) in [5, 5.41) is 13.6. The number of hydrogen-bond acceptors (Lipinski definition) is 6. The molecule has 1 aliphatic heterocycles. The SMILES string of the molecule is COc1cc(-c2ccc(NC3(C(=O)O)CCN(C(C)=O)CC3)cc2COC2Cc3ccccc3C2)cc(OC)c1C. The number of carbonyl (C=O) groups excluding carboxylic acids is 1. The summed E-state index contributed by atoms with van der Waals surface area (Å²) in [6, 6.07) is 18.3. The Bertz CT molecular complexity index is 1390. The van der Waals surface area contributed by atoms with E-state index in [1.807, 2.05) is 37.3 Å². The number of rotatable bonds is 9. The van der Waals surface area contributed by atoms with E-state index in [1.165, 1.54) is 18.1 Å². The van der Waals surface area contributed by atoms with E-state index in [2.05, 4.69) is 29.6 Å². The first kappa shape index (κ1) is 28.5. The van der Waals surface area contributed by atoms with E-state index in [0.29, 0.717) is 38.2 Å². The van der Waals surface area contributed by atoms with E-state index in [-0.39, 0.29) is 12.0 Å². The van der Waals surface area contributed by atoms with Crippen molar-refractivity contribution in [3.63, 3.8) is 0 Å². The number of nitrogens with zero attached hydrogens (tertiary/aromatic N) is 1. The lowest BCUT2D eigenvalue weighted by molar-refractivity contribution is -0.146. The Morgan fingerprint density at radius 1 is 0.976 bits per heavy atom. The van der Waals surface area contributed by atoms with Crippen LogP contribution in [0.2, 0.25) is 0 Å². The van der Waals surface area contributed by atoms with Crippen LogP contribution in [0.15, 0.2) is 54.6 Å². The molecule has 1 aliphatic carbocycles. The Hall–Kier alpha value is -4.04. The van der Waals surface area contributed by atoms with Crippen molar-refractivity contribution >= 4 is 17.6 Å². The third-order valence-electron chi connectivity index (χ3n) is 8.51. The molecule has 1 amide bonds. The van der Waals surface area contributed by atoms with Gasteiger partial charge < -0.3 is 29.5 Å². The van der Waals surface area contributed by atoms with Crippen LogP contribution in [-0.4, -0.2) is 60.8 Å². The number of amides is 1. The van der Waals surface area contributed by atoms with Gasteiger partial charge in [0.25, 0.3) is 0 Å². The van der Waals surface area contributed by atoms with E-state index in [1.54, 1.807) is 19.1 Å². The predicted molar refractivity (Wildman–Crippen MR) is 158 cm³/mol. The first-order valence-electron chi connectivity index (χ1n) is 14.0. The third-order valence-corrected chi connectivity index (χ3v) is 8.51. The molecular formula is C33H38N2O6. The van der Waals surface area contributed by atoms with Crippen LogP contribution < -0.4 is 14.8 Å². The number of fused-ring (bicyclic) bond motifs is 1. The molecule has 41 heavy (non-hydrogen) atoms. The molecule has 2 aliphatic rings. The van der Waals surface area contributed by atoms with Crippen molar-refractivity contribution in [1.29, 1.82) is 0 Å². The number of carboxylic acid groups (broad SMARTS) is 1. The van der Waals surface area contributed by atoms with Gasteiger partial charge in [-0.05, 0) is 84.7 Å². The van der Waals surface area contributed by atoms with Gasteiger partial charge in [-0.25, -0.2) is 4.79 Å². The minimum Gasteiger partial charge on any atom is -0.496 e. The third kappa shape index (κ3) is 5.88. The Morgan fingerprint density at radius 2 is 1.59 bits per heavy atom. The zero-order valence-electron chi connectivity index (χ0n) is 24.2. The minimum absolute atomic E-state index is 0.0363. The second-order valence-corrected chi connectivity index (χ2v) is 11.0. The van der Waals surface area contributed by atoms with Crippen LogP contribution in [0.5, 0.6) is 11.5 Å². The van der Waals surface area contributed by atoms with Crippen LogP contribution >= 0.6 is 0 Å². The highest BCUT2D eigenvalue weighted by Gasteiger charge is 2.42. The average molecular weight is 559 g/mol. The van der Waals surface area contributed by atoms with Crippen LogP contribution in [0.25, 0.3) is 11.1 Å². The number of carbonyl (C=O) groups is 2. The molecule has 0 unspecified atom stereocenters. The average Bonchev–Trinajstić information content (AvgIpc) is 3.40. The fourth-order valence-electron chi connectivity index (χ4n) is 6.03. The Kier molecular flexibility index (Phi) is 8.22. The Balaban J connectivity index is 1.46. The van der Waals surface area contributed by atoms with Gasteiger partial charge in [0.2, 0.25) is 5.91 Å². The Morgan fingerprint density at radius 3 is 2.12 bits per heavy atom. The van der Waals surface area contributed by atoms with Gasteiger partial charge in [0, 0.05) is 31.3 Å². The maximum atomic E-state index is 12.5. The number of nitrogens with one attached hydrogen (secondary N) is 1. The number of likely N-dealkylation sites (tertiary alicyclic amines) is 1. The highest BCUT2D eigenvalue weighted by Crippen LogP contribution is 2.38. The van der Waals surface area contributed by atoms with Crippen LogP contribution in [0.3, 0.4) is 0 Å². The molecule has 216 valence electrons. The zero-order chi connectivity index (χ0) is 29.1. The number of piperidine rings is 1. The lowest BCUT2D eigenvalue weighted by Crippen LogP contribution is -2.55. The van der Waals surface area contributed by atoms with Crippen LogP contribution in [0, 0.1) is 6.92 Å². The summed E-state index contributed by atoms with van der Waals surface area (Å²) < 4.78 is 17.8. The van der Waals surface area contributed by atoms with Crippen LogP contribution in [0.1, 0.15) is 42.0 Å². The highest BCUT2D eigenvalue weighted by molar-refractivity contribution is 5.84. The molecule has 0 atom stereocenters. The molecular weight excluding hydrogens is 520 g/mol. The molecule has 5 rings (SSSR count).